The van der Waals surface area contributed by atoms with Crippen LogP contribution in [0.4, 0.5) is 5.69 Å². The van der Waals surface area contributed by atoms with Crippen LogP contribution in [0.15, 0.2) is 30.5 Å². The van der Waals surface area contributed by atoms with Gasteiger partial charge in [-0.1, -0.05) is 25.4 Å². The molecule has 2 rings (SSSR count). The molecule has 1 heterocycles. The number of amidine groups is 1. The highest BCUT2D eigenvalue weighted by atomic mass is 35.5. The van der Waals surface area contributed by atoms with E-state index >= 15 is 0 Å². The average Bonchev–Trinajstić information content (AvgIpc) is 2.42. The first kappa shape index (κ1) is 15.6. The Hall–Kier alpha value is -1.81. The molecule has 5 heteroatoms. The fraction of sp³-hybridized carbons (Fsp3) is 0.375. The maximum atomic E-state index is 7.45. The summed E-state index contributed by atoms with van der Waals surface area (Å²) >= 11 is 6.04. The molecule has 0 bridgehead atoms. The second-order valence-electron chi connectivity index (χ2n) is 5.61. The Morgan fingerprint density at radius 3 is 2.81 bits per heavy atom. The molecule has 0 saturated carbocycles. The summed E-state index contributed by atoms with van der Waals surface area (Å²) in [6.45, 7) is 6.01. The smallest absolute Gasteiger partial charge is 0.0923 e. The van der Waals surface area contributed by atoms with Crippen LogP contribution in [0.25, 0.3) is 10.9 Å². The van der Waals surface area contributed by atoms with Gasteiger partial charge in [0.15, 0.2) is 0 Å². The summed E-state index contributed by atoms with van der Waals surface area (Å²) in [5, 5.41) is 9.21. The van der Waals surface area contributed by atoms with Gasteiger partial charge in [-0.15, -0.1) is 0 Å². The SMILES string of the molecule is CC(C)CN(CCC(=N)N)c1ccnc2cc(Cl)ccc12. The minimum Gasteiger partial charge on any atom is -0.388 e. The first-order chi connectivity index (χ1) is 9.97. The highest BCUT2D eigenvalue weighted by Gasteiger charge is 2.13. The van der Waals surface area contributed by atoms with Gasteiger partial charge < -0.3 is 10.6 Å². The topological polar surface area (TPSA) is 66.0 Å². The number of hydrogen-bond donors (Lipinski definition) is 2. The van der Waals surface area contributed by atoms with Crippen molar-refractivity contribution in [3.63, 3.8) is 0 Å². The number of nitrogens with two attached hydrogens (primary N) is 1. The highest BCUT2D eigenvalue weighted by molar-refractivity contribution is 6.31. The van der Waals surface area contributed by atoms with E-state index in [1.54, 1.807) is 6.20 Å². The van der Waals surface area contributed by atoms with Gasteiger partial charge in [0, 0.05) is 41.8 Å². The van der Waals surface area contributed by atoms with Crippen molar-refractivity contribution in [2.45, 2.75) is 20.3 Å². The van der Waals surface area contributed by atoms with Crippen molar-refractivity contribution in [2.24, 2.45) is 11.7 Å². The Kier molecular flexibility index (Phi) is 5.02. The number of nitrogens with one attached hydrogen (secondary N) is 1. The van der Waals surface area contributed by atoms with Gasteiger partial charge in [-0.25, -0.2) is 0 Å². The van der Waals surface area contributed by atoms with Crippen LogP contribution < -0.4 is 10.6 Å². The van der Waals surface area contributed by atoms with Crippen LogP contribution in [-0.2, 0) is 0 Å². The van der Waals surface area contributed by atoms with Gasteiger partial charge in [-0.3, -0.25) is 10.4 Å². The molecule has 0 saturated heterocycles. The van der Waals surface area contributed by atoms with E-state index in [1.807, 2.05) is 24.3 Å². The van der Waals surface area contributed by atoms with Gasteiger partial charge in [-0.2, -0.15) is 0 Å². The fourth-order valence-corrected chi connectivity index (χ4v) is 2.55. The van der Waals surface area contributed by atoms with Crippen molar-refractivity contribution in [2.75, 3.05) is 18.0 Å². The monoisotopic (exact) mass is 304 g/mol. The van der Waals surface area contributed by atoms with Gasteiger partial charge in [0.1, 0.15) is 0 Å². The first-order valence-corrected chi connectivity index (χ1v) is 7.47. The molecule has 0 atom stereocenters. The van der Waals surface area contributed by atoms with E-state index in [9.17, 15) is 0 Å². The Morgan fingerprint density at radius 2 is 2.14 bits per heavy atom. The molecule has 1 aromatic carbocycles. The standard InChI is InChI=1S/C16H21ClN4/c1-11(2)10-21(8-6-16(18)19)15-5-7-20-14-9-12(17)3-4-13(14)15/h3-5,7,9,11H,6,8,10H2,1-2H3,(H3,18,19). The Balaban J connectivity index is 2.40. The molecule has 0 aliphatic carbocycles. The third kappa shape index (κ3) is 4.08. The average molecular weight is 305 g/mol. The number of benzene rings is 1. The predicted octanol–water partition coefficient (Wildman–Crippen LogP) is 3.68. The summed E-state index contributed by atoms with van der Waals surface area (Å²) in [6, 6.07) is 7.77. The number of hydrogen-bond acceptors (Lipinski definition) is 3. The molecule has 2 aromatic rings. The maximum Gasteiger partial charge on any atom is 0.0923 e. The number of halogens is 1. The molecule has 3 N–H and O–H groups in total. The highest BCUT2D eigenvalue weighted by Crippen LogP contribution is 2.28. The van der Waals surface area contributed by atoms with Crippen LogP contribution in [0.2, 0.25) is 5.02 Å². The van der Waals surface area contributed by atoms with Crippen molar-refractivity contribution in [3.05, 3.63) is 35.5 Å². The summed E-state index contributed by atoms with van der Waals surface area (Å²) in [6.07, 6.45) is 2.36. The van der Waals surface area contributed by atoms with Crippen molar-refractivity contribution in [1.29, 1.82) is 5.41 Å². The van der Waals surface area contributed by atoms with E-state index in [-0.39, 0.29) is 5.84 Å². The van der Waals surface area contributed by atoms with Crippen molar-refractivity contribution >= 4 is 34.0 Å². The normalized spacial score (nSPS) is 11.0. The maximum absolute atomic E-state index is 7.45. The van der Waals surface area contributed by atoms with E-state index in [0.29, 0.717) is 17.4 Å². The number of rotatable bonds is 6. The van der Waals surface area contributed by atoms with Crippen LogP contribution in [0.1, 0.15) is 20.3 Å². The number of aromatic nitrogens is 1. The zero-order valence-electron chi connectivity index (χ0n) is 12.4. The largest absolute Gasteiger partial charge is 0.388 e. The van der Waals surface area contributed by atoms with E-state index in [4.69, 9.17) is 22.7 Å². The molecule has 0 aliphatic rings. The summed E-state index contributed by atoms with van der Waals surface area (Å²) in [5.74, 6) is 0.734. The number of pyridine rings is 1. The Labute approximate surface area is 130 Å². The number of fused-ring (bicyclic) bond motifs is 1. The molecule has 0 fully saturated rings. The number of anilines is 1. The molecule has 0 amide bonds. The van der Waals surface area contributed by atoms with Crippen LogP contribution in [-0.4, -0.2) is 23.9 Å². The van der Waals surface area contributed by atoms with E-state index in [0.717, 1.165) is 29.7 Å². The summed E-state index contributed by atoms with van der Waals surface area (Å²) in [5.41, 5.74) is 7.51. The van der Waals surface area contributed by atoms with Gasteiger partial charge in [0.2, 0.25) is 0 Å². The van der Waals surface area contributed by atoms with Crippen LogP contribution in [0.3, 0.4) is 0 Å². The van der Waals surface area contributed by atoms with E-state index in [1.165, 1.54) is 0 Å². The zero-order chi connectivity index (χ0) is 15.4. The van der Waals surface area contributed by atoms with E-state index in [2.05, 4.69) is 23.7 Å². The summed E-state index contributed by atoms with van der Waals surface area (Å²) < 4.78 is 0. The lowest BCUT2D eigenvalue weighted by atomic mass is 10.1. The van der Waals surface area contributed by atoms with Gasteiger partial charge in [0.05, 0.1) is 11.4 Å². The minimum absolute atomic E-state index is 0.213. The summed E-state index contributed by atoms with van der Waals surface area (Å²) in [7, 11) is 0. The molecule has 112 valence electrons. The molecule has 0 radical (unpaired) electrons. The predicted molar refractivity (Wildman–Crippen MR) is 90.3 cm³/mol. The molecule has 0 spiro atoms. The second kappa shape index (κ2) is 6.76. The number of nitrogens with zero attached hydrogens (tertiary/aromatic N) is 2. The quantitative estimate of drug-likeness (QED) is 0.632. The fourth-order valence-electron chi connectivity index (χ4n) is 2.39. The van der Waals surface area contributed by atoms with Crippen LogP contribution in [0, 0.1) is 11.3 Å². The van der Waals surface area contributed by atoms with Gasteiger partial charge in [0.25, 0.3) is 0 Å². The summed E-state index contributed by atoms with van der Waals surface area (Å²) in [4.78, 5) is 6.65. The lowest BCUT2D eigenvalue weighted by Crippen LogP contribution is -2.31. The Bertz CT molecular complexity index is 639. The van der Waals surface area contributed by atoms with Crippen molar-refractivity contribution in [1.82, 2.24) is 4.98 Å². The molecule has 0 aliphatic heterocycles. The van der Waals surface area contributed by atoms with E-state index < -0.39 is 0 Å². The molecular weight excluding hydrogens is 284 g/mol. The molecular formula is C16H21ClN4. The van der Waals surface area contributed by atoms with Crippen LogP contribution in [0.5, 0.6) is 0 Å². The second-order valence-corrected chi connectivity index (χ2v) is 6.04. The molecule has 0 unspecified atom stereocenters. The van der Waals surface area contributed by atoms with Crippen molar-refractivity contribution < 1.29 is 0 Å². The third-order valence-electron chi connectivity index (χ3n) is 3.26. The molecule has 21 heavy (non-hydrogen) atoms. The molecule has 1 aromatic heterocycles. The van der Waals surface area contributed by atoms with Crippen LogP contribution >= 0.6 is 11.6 Å². The first-order valence-electron chi connectivity index (χ1n) is 7.09. The lowest BCUT2D eigenvalue weighted by Gasteiger charge is -2.27. The lowest BCUT2D eigenvalue weighted by molar-refractivity contribution is 0.614. The third-order valence-corrected chi connectivity index (χ3v) is 3.49. The Morgan fingerprint density at radius 1 is 1.38 bits per heavy atom. The molecule has 4 nitrogen and oxygen atoms in total. The van der Waals surface area contributed by atoms with Crippen molar-refractivity contribution in [3.8, 4) is 0 Å². The minimum atomic E-state index is 0.213. The van der Waals surface area contributed by atoms with Gasteiger partial charge in [-0.05, 0) is 30.2 Å². The zero-order valence-corrected chi connectivity index (χ0v) is 13.2. The van der Waals surface area contributed by atoms with Gasteiger partial charge >= 0.3 is 0 Å².